The van der Waals surface area contributed by atoms with Crippen molar-refractivity contribution in [1.82, 2.24) is 0 Å². The lowest BCUT2D eigenvalue weighted by Gasteiger charge is -2.17. The minimum Gasteiger partial charge on any atom is -0.149 e. The van der Waals surface area contributed by atoms with E-state index in [0.29, 0.717) is 0 Å². The molecule has 1 aliphatic rings. The van der Waals surface area contributed by atoms with Crippen molar-refractivity contribution in [2.24, 2.45) is 0 Å². The summed E-state index contributed by atoms with van der Waals surface area (Å²) in [6.07, 6.45) is 4.12. The van der Waals surface area contributed by atoms with Crippen molar-refractivity contribution < 1.29 is 0 Å². The number of rotatable bonds is 0. The van der Waals surface area contributed by atoms with Gasteiger partial charge in [-0.1, -0.05) is 6.92 Å². The lowest BCUT2D eigenvalue weighted by molar-refractivity contribution is 0.598. The van der Waals surface area contributed by atoms with Crippen molar-refractivity contribution in [1.29, 1.82) is 0 Å². The SMILES string of the molecule is C[C@H]1CCCc2sccc21. The van der Waals surface area contributed by atoms with Crippen molar-refractivity contribution >= 4 is 11.3 Å². The maximum Gasteiger partial charge on any atom is 0.00799 e. The average Bonchev–Trinajstić information content (AvgIpc) is 2.36. The molecule has 1 heterocycles. The summed E-state index contributed by atoms with van der Waals surface area (Å²) in [6, 6.07) is 2.30. The summed E-state index contributed by atoms with van der Waals surface area (Å²) in [6.45, 7) is 2.34. The Morgan fingerprint density at radius 3 is 3.30 bits per heavy atom. The predicted molar refractivity (Wildman–Crippen MR) is 45.7 cm³/mol. The second-order valence-electron chi connectivity index (χ2n) is 3.09. The lowest BCUT2D eigenvalue weighted by atomic mass is 9.90. The molecule has 0 unspecified atom stereocenters. The van der Waals surface area contributed by atoms with E-state index < -0.39 is 0 Å². The zero-order chi connectivity index (χ0) is 6.97. The van der Waals surface area contributed by atoms with Crippen LogP contribution in [0.25, 0.3) is 0 Å². The summed E-state index contributed by atoms with van der Waals surface area (Å²) >= 11 is 1.93. The summed E-state index contributed by atoms with van der Waals surface area (Å²) < 4.78 is 0. The third kappa shape index (κ3) is 0.891. The monoisotopic (exact) mass is 152 g/mol. The van der Waals surface area contributed by atoms with Crippen LogP contribution >= 0.6 is 11.3 Å². The van der Waals surface area contributed by atoms with Gasteiger partial charge in [0.1, 0.15) is 0 Å². The quantitative estimate of drug-likeness (QED) is 0.535. The van der Waals surface area contributed by atoms with Gasteiger partial charge in [-0.25, -0.2) is 0 Å². The smallest absolute Gasteiger partial charge is 0.00799 e. The minimum absolute atomic E-state index is 0.829. The Labute approximate surface area is 65.9 Å². The summed E-state index contributed by atoms with van der Waals surface area (Å²) in [4.78, 5) is 1.64. The van der Waals surface area contributed by atoms with Crippen LogP contribution in [-0.2, 0) is 6.42 Å². The van der Waals surface area contributed by atoms with Crippen molar-refractivity contribution in [3.05, 3.63) is 21.9 Å². The topological polar surface area (TPSA) is 0 Å². The number of hydrogen-bond donors (Lipinski definition) is 0. The molecular weight excluding hydrogens is 140 g/mol. The van der Waals surface area contributed by atoms with Crippen molar-refractivity contribution in [3.63, 3.8) is 0 Å². The van der Waals surface area contributed by atoms with Gasteiger partial charge in [0.2, 0.25) is 0 Å². The molecule has 0 aliphatic heterocycles. The first-order chi connectivity index (χ1) is 4.88. The van der Waals surface area contributed by atoms with E-state index in [0.717, 1.165) is 5.92 Å². The molecule has 0 N–H and O–H groups in total. The van der Waals surface area contributed by atoms with Gasteiger partial charge in [0.15, 0.2) is 0 Å². The van der Waals surface area contributed by atoms with Gasteiger partial charge in [0.05, 0.1) is 0 Å². The molecule has 0 aromatic carbocycles. The first-order valence-corrected chi connectivity index (χ1v) is 4.82. The van der Waals surface area contributed by atoms with Crippen LogP contribution in [0.2, 0.25) is 0 Å². The van der Waals surface area contributed by atoms with Gasteiger partial charge in [0.25, 0.3) is 0 Å². The van der Waals surface area contributed by atoms with E-state index in [1.807, 2.05) is 11.3 Å². The van der Waals surface area contributed by atoms with Gasteiger partial charge in [0, 0.05) is 4.88 Å². The van der Waals surface area contributed by atoms with Gasteiger partial charge in [-0.3, -0.25) is 0 Å². The third-order valence-corrected chi connectivity index (χ3v) is 3.35. The number of thiophene rings is 1. The van der Waals surface area contributed by atoms with Crippen LogP contribution in [0.4, 0.5) is 0 Å². The van der Waals surface area contributed by atoms with Gasteiger partial charge in [-0.15, -0.1) is 11.3 Å². The minimum atomic E-state index is 0.829. The molecule has 0 saturated carbocycles. The maximum absolute atomic E-state index is 2.34. The standard InChI is InChI=1S/C9H12S/c1-7-3-2-4-9-8(7)5-6-10-9/h5-7H,2-4H2,1H3/t7-/m0/s1. The molecule has 0 amide bonds. The molecule has 0 saturated heterocycles. The number of aryl methyl sites for hydroxylation is 1. The highest BCUT2D eigenvalue weighted by molar-refractivity contribution is 7.10. The lowest BCUT2D eigenvalue weighted by Crippen LogP contribution is -2.02. The highest BCUT2D eigenvalue weighted by Gasteiger charge is 2.16. The first-order valence-electron chi connectivity index (χ1n) is 3.94. The Bertz CT molecular complexity index is 224. The zero-order valence-electron chi connectivity index (χ0n) is 6.26. The molecule has 0 fully saturated rings. The third-order valence-electron chi connectivity index (χ3n) is 2.35. The Balaban J connectivity index is 2.41. The van der Waals surface area contributed by atoms with E-state index in [4.69, 9.17) is 0 Å². The van der Waals surface area contributed by atoms with E-state index in [1.54, 1.807) is 10.4 Å². The van der Waals surface area contributed by atoms with Crippen LogP contribution in [0.5, 0.6) is 0 Å². The van der Waals surface area contributed by atoms with Gasteiger partial charge in [-0.2, -0.15) is 0 Å². The van der Waals surface area contributed by atoms with Crippen LogP contribution in [0.3, 0.4) is 0 Å². The van der Waals surface area contributed by atoms with Crippen molar-refractivity contribution in [2.75, 3.05) is 0 Å². The maximum atomic E-state index is 2.34. The Morgan fingerprint density at radius 2 is 2.50 bits per heavy atom. The Morgan fingerprint density at radius 1 is 1.60 bits per heavy atom. The predicted octanol–water partition coefficient (Wildman–Crippen LogP) is 3.19. The highest BCUT2D eigenvalue weighted by atomic mass is 32.1. The molecule has 1 aliphatic carbocycles. The van der Waals surface area contributed by atoms with Crippen molar-refractivity contribution in [2.45, 2.75) is 32.1 Å². The normalized spacial score (nSPS) is 24.3. The van der Waals surface area contributed by atoms with Crippen LogP contribution in [0.1, 0.15) is 36.1 Å². The zero-order valence-corrected chi connectivity index (χ0v) is 7.08. The van der Waals surface area contributed by atoms with Crippen LogP contribution in [-0.4, -0.2) is 0 Å². The fourth-order valence-corrected chi connectivity index (χ4v) is 2.76. The fraction of sp³-hybridized carbons (Fsp3) is 0.556. The fourth-order valence-electron chi connectivity index (χ4n) is 1.72. The number of hydrogen-bond acceptors (Lipinski definition) is 1. The number of fused-ring (bicyclic) bond motifs is 1. The van der Waals surface area contributed by atoms with Gasteiger partial charge < -0.3 is 0 Å². The van der Waals surface area contributed by atoms with Gasteiger partial charge >= 0.3 is 0 Å². The Hall–Kier alpha value is -0.300. The molecule has 0 nitrogen and oxygen atoms in total. The van der Waals surface area contributed by atoms with Gasteiger partial charge in [-0.05, 0) is 42.2 Å². The second kappa shape index (κ2) is 2.39. The molecule has 10 heavy (non-hydrogen) atoms. The van der Waals surface area contributed by atoms with Crippen LogP contribution in [0, 0.1) is 0 Å². The molecule has 1 aromatic heterocycles. The van der Waals surface area contributed by atoms with E-state index >= 15 is 0 Å². The largest absolute Gasteiger partial charge is 0.149 e. The molecular formula is C9H12S. The van der Waals surface area contributed by atoms with Crippen LogP contribution in [0.15, 0.2) is 11.4 Å². The molecule has 1 heteroatoms. The Kier molecular flexibility index (Phi) is 1.53. The molecule has 0 spiro atoms. The van der Waals surface area contributed by atoms with E-state index in [2.05, 4.69) is 18.4 Å². The summed E-state index contributed by atoms with van der Waals surface area (Å²) in [5.41, 5.74) is 1.62. The first kappa shape index (κ1) is 6.41. The molecule has 2 rings (SSSR count). The van der Waals surface area contributed by atoms with E-state index in [9.17, 15) is 0 Å². The second-order valence-corrected chi connectivity index (χ2v) is 4.09. The molecule has 54 valence electrons. The summed E-state index contributed by atoms with van der Waals surface area (Å²) in [5, 5.41) is 2.23. The average molecular weight is 152 g/mol. The van der Waals surface area contributed by atoms with Crippen molar-refractivity contribution in [3.8, 4) is 0 Å². The summed E-state index contributed by atoms with van der Waals surface area (Å²) in [7, 11) is 0. The summed E-state index contributed by atoms with van der Waals surface area (Å²) in [5.74, 6) is 0.829. The molecule has 0 bridgehead atoms. The highest BCUT2D eigenvalue weighted by Crippen LogP contribution is 2.33. The van der Waals surface area contributed by atoms with E-state index in [-0.39, 0.29) is 0 Å². The molecule has 0 radical (unpaired) electrons. The molecule has 1 aromatic rings. The van der Waals surface area contributed by atoms with E-state index in [1.165, 1.54) is 19.3 Å². The van der Waals surface area contributed by atoms with Crippen LogP contribution < -0.4 is 0 Å². The molecule has 1 atom stereocenters.